The van der Waals surface area contributed by atoms with Gasteiger partial charge in [-0.1, -0.05) is 27.7 Å². The predicted molar refractivity (Wildman–Crippen MR) is 124 cm³/mol. The number of nitrogens with one attached hydrogen (secondary N) is 1. The van der Waals surface area contributed by atoms with Gasteiger partial charge in [-0.3, -0.25) is 9.59 Å². The van der Waals surface area contributed by atoms with Gasteiger partial charge in [0.05, 0.1) is 5.56 Å². The highest BCUT2D eigenvalue weighted by atomic mass is 16.2. The van der Waals surface area contributed by atoms with Crippen LogP contribution in [0.15, 0.2) is 18.2 Å². The number of hydrogen-bond donors (Lipinski definition) is 1. The van der Waals surface area contributed by atoms with Crippen molar-refractivity contribution in [2.45, 2.75) is 72.6 Å². The molecule has 2 heterocycles. The molecule has 0 radical (unpaired) electrons. The molecule has 3 rings (SSSR count). The van der Waals surface area contributed by atoms with E-state index in [9.17, 15) is 9.59 Å². The Labute approximate surface area is 182 Å². The van der Waals surface area contributed by atoms with E-state index in [2.05, 4.69) is 37.9 Å². The van der Waals surface area contributed by atoms with Crippen LogP contribution in [0.4, 0.5) is 11.4 Å². The van der Waals surface area contributed by atoms with Gasteiger partial charge < -0.3 is 15.1 Å². The number of benzene rings is 1. The van der Waals surface area contributed by atoms with Gasteiger partial charge >= 0.3 is 0 Å². The minimum absolute atomic E-state index is 0.0250. The Morgan fingerprint density at radius 2 is 1.63 bits per heavy atom. The van der Waals surface area contributed by atoms with Crippen LogP contribution in [0, 0.1) is 11.3 Å². The third-order valence-corrected chi connectivity index (χ3v) is 6.10. The molecule has 5 nitrogen and oxygen atoms in total. The van der Waals surface area contributed by atoms with E-state index >= 15 is 0 Å². The lowest BCUT2D eigenvalue weighted by atomic mass is 9.84. The van der Waals surface area contributed by atoms with Crippen molar-refractivity contribution in [2.24, 2.45) is 11.3 Å². The van der Waals surface area contributed by atoms with Gasteiger partial charge in [0.25, 0.3) is 5.91 Å². The second-order valence-corrected chi connectivity index (χ2v) is 10.4. The molecular formula is C25H39N3O2. The summed E-state index contributed by atoms with van der Waals surface area (Å²) in [5.41, 5.74) is 2.70. The van der Waals surface area contributed by atoms with Crippen LogP contribution in [-0.2, 0) is 4.79 Å². The van der Waals surface area contributed by atoms with Crippen LogP contribution in [0.2, 0.25) is 0 Å². The van der Waals surface area contributed by atoms with Crippen molar-refractivity contribution in [3.8, 4) is 0 Å². The smallest absolute Gasteiger partial charge is 0.256 e. The summed E-state index contributed by atoms with van der Waals surface area (Å²) in [6.07, 6.45) is 7.25. The van der Waals surface area contributed by atoms with Crippen LogP contribution < -0.4 is 10.2 Å². The van der Waals surface area contributed by atoms with Gasteiger partial charge in [0.1, 0.15) is 0 Å². The SMILES string of the molecule is C[C@@H](CC(=O)Nc1ccc(N2CCCCC2)c(C(=O)N2CCCC2)c1)CC(C)(C)C. The minimum atomic E-state index is 0.0250. The van der Waals surface area contributed by atoms with E-state index in [0.717, 1.165) is 62.4 Å². The molecule has 0 aromatic heterocycles. The average Bonchev–Trinajstić information content (AvgIpc) is 3.21. The standard InChI is InChI=1S/C25H39N3O2/c1-19(18-25(2,3)4)16-23(29)26-20-10-11-22(27-12-6-5-7-13-27)21(17-20)24(30)28-14-8-9-15-28/h10-11,17,19H,5-9,12-16,18H2,1-4H3,(H,26,29)/t19-/m0/s1. The molecule has 2 aliphatic rings. The Hall–Kier alpha value is -2.04. The Balaban J connectivity index is 1.76. The Morgan fingerprint density at radius 1 is 1.00 bits per heavy atom. The molecule has 30 heavy (non-hydrogen) atoms. The average molecular weight is 414 g/mol. The molecule has 2 saturated heterocycles. The quantitative estimate of drug-likeness (QED) is 0.687. The van der Waals surface area contributed by atoms with E-state index in [1.165, 1.54) is 19.3 Å². The minimum Gasteiger partial charge on any atom is -0.371 e. The fraction of sp³-hybridized carbons (Fsp3) is 0.680. The Bertz CT molecular complexity index is 741. The molecule has 166 valence electrons. The van der Waals surface area contributed by atoms with E-state index in [1.807, 2.05) is 23.1 Å². The van der Waals surface area contributed by atoms with Crippen LogP contribution in [0.1, 0.15) is 83.0 Å². The zero-order valence-corrected chi connectivity index (χ0v) is 19.3. The van der Waals surface area contributed by atoms with Gasteiger partial charge in [-0.05, 0) is 68.1 Å². The summed E-state index contributed by atoms with van der Waals surface area (Å²) in [5, 5.41) is 3.05. The summed E-state index contributed by atoms with van der Waals surface area (Å²) in [6, 6.07) is 5.89. The zero-order chi connectivity index (χ0) is 21.7. The molecular weight excluding hydrogens is 374 g/mol. The highest BCUT2D eigenvalue weighted by Crippen LogP contribution is 2.30. The van der Waals surface area contributed by atoms with E-state index in [0.29, 0.717) is 12.3 Å². The monoisotopic (exact) mass is 413 g/mol. The summed E-state index contributed by atoms with van der Waals surface area (Å²) in [6.45, 7) is 12.4. The van der Waals surface area contributed by atoms with Crippen molar-refractivity contribution in [3.05, 3.63) is 23.8 Å². The molecule has 0 unspecified atom stereocenters. The summed E-state index contributed by atoms with van der Waals surface area (Å²) in [4.78, 5) is 30.2. The maximum atomic E-state index is 13.3. The van der Waals surface area contributed by atoms with Gasteiger partial charge in [-0.2, -0.15) is 0 Å². The molecule has 0 spiro atoms. The second-order valence-electron chi connectivity index (χ2n) is 10.4. The van der Waals surface area contributed by atoms with Crippen LogP contribution >= 0.6 is 0 Å². The van der Waals surface area contributed by atoms with Gasteiger partial charge in [-0.25, -0.2) is 0 Å². The lowest BCUT2D eigenvalue weighted by molar-refractivity contribution is -0.117. The molecule has 2 amide bonds. The number of anilines is 2. The number of carbonyl (C=O) groups excluding carboxylic acids is 2. The normalized spacial score (nSPS) is 18.4. The first-order valence-electron chi connectivity index (χ1n) is 11.7. The lowest BCUT2D eigenvalue weighted by Gasteiger charge is -2.31. The van der Waals surface area contributed by atoms with Crippen molar-refractivity contribution in [2.75, 3.05) is 36.4 Å². The van der Waals surface area contributed by atoms with Crippen molar-refractivity contribution < 1.29 is 9.59 Å². The number of piperidine rings is 1. The van der Waals surface area contributed by atoms with Crippen LogP contribution in [0.3, 0.4) is 0 Å². The van der Waals surface area contributed by atoms with E-state index in [-0.39, 0.29) is 17.2 Å². The van der Waals surface area contributed by atoms with Crippen LogP contribution in [0.5, 0.6) is 0 Å². The number of nitrogens with zero attached hydrogens (tertiary/aromatic N) is 2. The van der Waals surface area contributed by atoms with Crippen LogP contribution in [0.25, 0.3) is 0 Å². The number of hydrogen-bond acceptors (Lipinski definition) is 3. The van der Waals surface area contributed by atoms with Crippen molar-refractivity contribution in [1.29, 1.82) is 0 Å². The van der Waals surface area contributed by atoms with Gasteiger partial charge in [0.2, 0.25) is 5.91 Å². The largest absolute Gasteiger partial charge is 0.371 e. The zero-order valence-electron chi connectivity index (χ0n) is 19.3. The molecule has 0 aliphatic carbocycles. The van der Waals surface area contributed by atoms with E-state index in [1.54, 1.807) is 0 Å². The van der Waals surface area contributed by atoms with E-state index < -0.39 is 0 Å². The predicted octanol–water partition coefficient (Wildman–Crippen LogP) is 5.31. The third kappa shape index (κ3) is 6.23. The van der Waals surface area contributed by atoms with Crippen molar-refractivity contribution in [1.82, 2.24) is 4.90 Å². The molecule has 0 bridgehead atoms. The highest BCUT2D eigenvalue weighted by molar-refractivity contribution is 6.02. The molecule has 2 fully saturated rings. The number of likely N-dealkylation sites (tertiary alicyclic amines) is 1. The summed E-state index contributed by atoms with van der Waals surface area (Å²) < 4.78 is 0. The van der Waals surface area contributed by atoms with Crippen LogP contribution in [-0.4, -0.2) is 42.9 Å². The Morgan fingerprint density at radius 3 is 2.27 bits per heavy atom. The van der Waals surface area contributed by atoms with Crippen molar-refractivity contribution in [3.63, 3.8) is 0 Å². The molecule has 1 aromatic carbocycles. The fourth-order valence-electron chi connectivity index (χ4n) is 4.93. The first-order valence-corrected chi connectivity index (χ1v) is 11.7. The number of carbonyl (C=O) groups is 2. The molecule has 0 saturated carbocycles. The number of rotatable bonds is 6. The summed E-state index contributed by atoms with van der Waals surface area (Å²) >= 11 is 0. The molecule has 1 N–H and O–H groups in total. The second kappa shape index (κ2) is 9.84. The maximum Gasteiger partial charge on any atom is 0.256 e. The number of amides is 2. The molecule has 2 aliphatic heterocycles. The van der Waals surface area contributed by atoms with Crippen molar-refractivity contribution >= 4 is 23.2 Å². The highest BCUT2D eigenvalue weighted by Gasteiger charge is 2.25. The summed E-state index contributed by atoms with van der Waals surface area (Å²) in [5.74, 6) is 0.450. The molecule has 1 aromatic rings. The van der Waals surface area contributed by atoms with Gasteiger partial charge in [0, 0.05) is 44.0 Å². The molecule has 5 heteroatoms. The van der Waals surface area contributed by atoms with Gasteiger partial charge in [-0.15, -0.1) is 0 Å². The maximum absolute atomic E-state index is 13.3. The third-order valence-electron chi connectivity index (χ3n) is 6.10. The topological polar surface area (TPSA) is 52.7 Å². The summed E-state index contributed by atoms with van der Waals surface area (Å²) in [7, 11) is 0. The van der Waals surface area contributed by atoms with E-state index in [4.69, 9.17) is 0 Å². The van der Waals surface area contributed by atoms with Gasteiger partial charge in [0.15, 0.2) is 0 Å². The first-order chi connectivity index (χ1) is 14.2. The molecule has 1 atom stereocenters. The fourth-order valence-corrected chi connectivity index (χ4v) is 4.93. The first kappa shape index (κ1) is 22.6. The lowest BCUT2D eigenvalue weighted by Crippen LogP contribution is -2.34. The Kier molecular flexibility index (Phi) is 7.43.